The minimum atomic E-state index is 0.754. The summed E-state index contributed by atoms with van der Waals surface area (Å²) in [7, 11) is 0.754. The minimum Gasteiger partial charge on any atom is -0.417 e. The summed E-state index contributed by atoms with van der Waals surface area (Å²) in [5.41, 5.74) is 0. The molecule has 0 spiro atoms. The summed E-state index contributed by atoms with van der Waals surface area (Å²) in [5, 5.41) is 0. The SMILES string of the molecule is CCCCCCCCCCCCCCCCCCCO[Si]CCCCCC. The van der Waals surface area contributed by atoms with Crippen molar-refractivity contribution in [3.63, 3.8) is 0 Å². The van der Waals surface area contributed by atoms with Crippen LogP contribution < -0.4 is 0 Å². The van der Waals surface area contributed by atoms with Gasteiger partial charge in [-0.25, -0.2) is 0 Å². The summed E-state index contributed by atoms with van der Waals surface area (Å²) in [6.07, 6.45) is 30.0. The first-order valence-corrected chi connectivity index (χ1v) is 13.9. The van der Waals surface area contributed by atoms with E-state index in [0.717, 1.165) is 16.4 Å². The third kappa shape index (κ3) is 26.2. The summed E-state index contributed by atoms with van der Waals surface area (Å²) in [4.78, 5) is 0. The van der Waals surface area contributed by atoms with Gasteiger partial charge in [-0.15, -0.1) is 0 Å². The van der Waals surface area contributed by atoms with E-state index in [4.69, 9.17) is 4.43 Å². The van der Waals surface area contributed by atoms with Crippen LogP contribution in [0.25, 0.3) is 0 Å². The molecule has 2 radical (unpaired) electrons. The van der Waals surface area contributed by atoms with Gasteiger partial charge in [-0.05, 0) is 12.5 Å². The molecule has 2 heteroatoms. The van der Waals surface area contributed by atoms with E-state index in [1.165, 1.54) is 141 Å². The lowest BCUT2D eigenvalue weighted by atomic mass is 10.0. The molecule has 27 heavy (non-hydrogen) atoms. The lowest BCUT2D eigenvalue weighted by molar-refractivity contribution is 0.319. The van der Waals surface area contributed by atoms with Gasteiger partial charge in [0.05, 0.1) is 0 Å². The standard InChI is InChI=1S/C25H52OSi/c1-3-5-7-9-10-11-12-13-14-15-16-17-18-19-20-21-22-24-26-27-25-23-8-6-4-2/h3-25H2,1-2H3. The molecule has 0 fully saturated rings. The monoisotopic (exact) mass is 396 g/mol. The first-order chi connectivity index (χ1) is 13.4. The zero-order chi connectivity index (χ0) is 19.7. The number of rotatable bonds is 24. The maximum absolute atomic E-state index is 5.77. The van der Waals surface area contributed by atoms with Gasteiger partial charge in [0.25, 0.3) is 0 Å². The Morgan fingerprint density at radius 1 is 0.407 bits per heavy atom. The topological polar surface area (TPSA) is 9.23 Å². The molecule has 0 aromatic rings. The average molecular weight is 397 g/mol. The maximum atomic E-state index is 5.77. The molecule has 0 saturated carbocycles. The van der Waals surface area contributed by atoms with Crippen molar-refractivity contribution in [3.05, 3.63) is 0 Å². The van der Waals surface area contributed by atoms with Gasteiger partial charge >= 0.3 is 0 Å². The Morgan fingerprint density at radius 2 is 0.741 bits per heavy atom. The molecule has 0 amide bonds. The molecule has 0 aliphatic rings. The van der Waals surface area contributed by atoms with Crippen LogP contribution >= 0.6 is 0 Å². The molecule has 0 aromatic carbocycles. The highest BCUT2D eigenvalue weighted by Gasteiger charge is 1.96. The fourth-order valence-corrected chi connectivity index (χ4v) is 4.49. The molecular formula is C25H52OSi. The maximum Gasteiger partial charge on any atom is 0.229 e. The summed E-state index contributed by atoms with van der Waals surface area (Å²) in [5.74, 6) is 0. The Balaban J connectivity index is 2.95. The van der Waals surface area contributed by atoms with Crippen LogP contribution in [0.1, 0.15) is 149 Å². The van der Waals surface area contributed by atoms with Crippen LogP contribution in [0.2, 0.25) is 6.04 Å². The number of hydrogen-bond donors (Lipinski definition) is 0. The predicted molar refractivity (Wildman–Crippen MR) is 125 cm³/mol. The van der Waals surface area contributed by atoms with E-state index in [0.29, 0.717) is 0 Å². The zero-order valence-electron chi connectivity index (χ0n) is 19.2. The Kier molecular flexibility index (Phi) is 26.3. The lowest BCUT2D eigenvalue weighted by Gasteiger charge is -2.04. The number of unbranched alkanes of at least 4 members (excludes halogenated alkanes) is 19. The molecule has 0 bridgehead atoms. The normalized spacial score (nSPS) is 11.3. The molecule has 1 nitrogen and oxygen atoms in total. The van der Waals surface area contributed by atoms with E-state index >= 15 is 0 Å². The van der Waals surface area contributed by atoms with E-state index in [1.54, 1.807) is 0 Å². The van der Waals surface area contributed by atoms with Crippen molar-refractivity contribution in [2.24, 2.45) is 0 Å². The van der Waals surface area contributed by atoms with Crippen molar-refractivity contribution in [1.82, 2.24) is 0 Å². The van der Waals surface area contributed by atoms with E-state index in [-0.39, 0.29) is 0 Å². The lowest BCUT2D eigenvalue weighted by Crippen LogP contribution is -2.00. The van der Waals surface area contributed by atoms with E-state index in [1.807, 2.05) is 0 Å². The number of hydrogen-bond acceptors (Lipinski definition) is 1. The van der Waals surface area contributed by atoms with Gasteiger partial charge in [-0.3, -0.25) is 0 Å². The summed E-state index contributed by atoms with van der Waals surface area (Å²) in [6, 6.07) is 1.29. The molecule has 0 heterocycles. The Morgan fingerprint density at radius 3 is 1.15 bits per heavy atom. The second kappa shape index (κ2) is 26.2. The van der Waals surface area contributed by atoms with Crippen molar-refractivity contribution in [3.8, 4) is 0 Å². The molecule has 0 aliphatic carbocycles. The fraction of sp³-hybridized carbons (Fsp3) is 1.00. The van der Waals surface area contributed by atoms with Gasteiger partial charge in [0.15, 0.2) is 0 Å². The fourth-order valence-electron chi connectivity index (χ4n) is 3.67. The highest BCUT2D eigenvalue weighted by Crippen LogP contribution is 2.14. The van der Waals surface area contributed by atoms with Crippen LogP contribution in [0.3, 0.4) is 0 Å². The quantitative estimate of drug-likeness (QED) is 0.117. The van der Waals surface area contributed by atoms with Gasteiger partial charge in [-0.1, -0.05) is 142 Å². The molecule has 0 N–H and O–H groups in total. The zero-order valence-corrected chi connectivity index (χ0v) is 20.2. The van der Waals surface area contributed by atoms with Crippen LogP contribution in [-0.4, -0.2) is 16.4 Å². The Labute approximate surface area is 175 Å². The summed E-state index contributed by atoms with van der Waals surface area (Å²) in [6.45, 7) is 5.58. The third-order valence-electron chi connectivity index (χ3n) is 5.58. The van der Waals surface area contributed by atoms with Crippen molar-refractivity contribution in [1.29, 1.82) is 0 Å². The first-order valence-electron chi connectivity index (χ1n) is 12.8. The van der Waals surface area contributed by atoms with Gasteiger partial charge in [0, 0.05) is 6.61 Å². The van der Waals surface area contributed by atoms with Gasteiger partial charge in [-0.2, -0.15) is 0 Å². The molecule has 0 aromatic heterocycles. The van der Waals surface area contributed by atoms with Gasteiger partial charge < -0.3 is 4.43 Å². The summed E-state index contributed by atoms with van der Waals surface area (Å²) < 4.78 is 5.77. The van der Waals surface area contributed by atoms with Crippen LogP contribution in [0.4, 0.5) is 0 Å². The molecular weight excluding hydrogens is 344 g/mol. The molecule has 0 atom stereocenters. The molecule has 0 saturated heterocycles. The van der Waals surface area contributed by atoms with Crippen LogP contribution in [0.5, 0.6) is 0 Å². The predicted octanol–water partition coefficient (Wildman–Crippen LogP) is 9.27. The summed E-state index contributed by atoms with van der Waals surface area (Å²) >= 11 is 0. The van der Waals surface area contributed by atoms with Gasteiger partial charge in [0.2, 0.25) is 9.76 Å². The smallest absolute Gasteiger partial charge is 0.229 e. The highest BCUT2D eigenvalue weighted by atomic mass is 28.2. The van der Waals surface area contributed by atoms with E-state index in [9.17, 15) is 0 Å². The third-order valence-corrected chi connectivity index (χ3v) is 6.55. The molecule has 162 valence electrons. The largest absolute Gasteiger partial charge is 0.417 e. The molecule has 0 rings (SSSR count). The van der Waals surface area contributed by atoms with E-state index in [2.05, 4.69) is 13.8 Å². The minimum absolute atomic E-state index is 0.754. The second-order valence-corrected chi connectivity index (χ2v) is 9.54. The van der Waals surface area contributed by atoms with Crippen molar-refractivity contribution in [2.45, 2.75) is 155 Å². The van der Waals surface area contributed by atoms with E-state index < -0.39 is 0 Å². The molecule has 0 aliphatic heterocycles. The van der Waals surface area contributed by atoms with Crippen molar-refractivity contribution < 1.29 is 4.43 Å². The van der Waals surface area contributed by atoms with Crippen LogP contribution in [-0.2, 0) is 4.43 Å². The van der Waals surface area contributed by atoms with Crippen molar-refractivity contribution >= 4 is 9.76 Å². The Bertz CT molecular complexity index is 220. The first kappa shape index (κ1) is 27.2. The average Bonchev–Trinajstić information content (AvgIpc) is 2.68. The van der Waals surface area contributed by atoms with Crippen LogP contribution in [0, 0.1) is 0 Å². The van der Waals surface area contributed by atoms with Crippen LogP contribution in [0.15, 0.2) is 0 Å². The molecule has 0 unspecified atom stereocenters. The Hall–Kier alpha value is 0.177. The van der Waals surface area contributed by atoms with Crippen molar-refractivity contribution in [2.75, 3.05) is 6.61 Å². The highest BCUT2D eigenvalue weighted by molar-refractivity contribution is 6.26. The second-order valence-electron chi connectivity index (χ2n) is 8.46. The van der Waals surface area contributed by atoms with Gasteiger partial charge in [0.1, 0.15) is 0 Å².